The Morgan fingerprint density at radius 3 is 2.81 bits per heavy atom. The van der Waals surface area contributed by atoms with Crippen molar-refractivity contribution in [1.82, 2.24) is 0 Å². The van der Waals surface area contributed by atoms with E-state index < -0.39 is 5.97 Å². The molecule has 0 radical (unpaired) electrons. The summed E-state index contributed by atoms with van der Waals surface area (Å²) in [4.78, 5) is 10.6. The van der Waals surface area contributed by atoms with Crippen LogP contribution >= 0.6 is 0 Å². The molecule has 1 aliphatic heterocycles. The number of aliphatic carboxylic acids is 1. The summed E-state index contributed by atoms with van der Waals surface area (Å²) in [5.41, 5.74) is 0. The van der Waals surface area contributed by atoms with Crippen molar-refractivity contribution >= 4 is 13.1 Å². The van der Waals surface area contributed by atoms with Gasteiger partial charge in [-0.2, -0.15) is 5.26 Å². The van der Waals surface area contributed by atoms with Crippen LogP contribution in [0.4, 0.5) is 0 Å². The second-order valence-corrected chi connectivity index (χ2v) is 3.93. The van der Waals surface area contributed by atoms with E-state index in [1.54, 1.807) is 0 Å². The van der Waals surface area contributed by atoms with Crippen LogP contribution in [0, 0.1) is 11.3 Å². The lowest BCUT2D eigenvalue weighted by Gasteiger charge is -2.32. The number of rotatable bonds is 5. The number of nitrogens with zero attached hydrogens (tertiary/aromatic N) is 1. The molecule has 0 aromatic heterocycles. The average Bonchev–Trinajstić information content (AvgIpc) is 2.17. The number of hydrogen-bond donors (Lipinski definition) is 1. The Morgan fingerprint density at radius 2 is 2.25 bits per heavy atom. The van der Waals surface area contributed by atoms with E-state index in [1.165, 1.54) is 0 Å². The van der Waals surface area contributed by atoms with E-state index >= 15 is 0 Å². The summed E-state index contributed by atoms with van der Waals surface area (Å²) < 4.78 is 11.0. The van der Waals surface area contributed by atoms with Crippen molar-refractivity contribution < 1.29 is 19.2 Å². The van der Waals surface area contributed by atoms with Crippen LogP contribution in [-0.2, 0) is 14.1 Å². The molecule has 0 bridgehead atoms. The third kappa shape index (κ3) is 4.21. The maximum absolute atomic E-state index is 10.6. The number of carboxylic acid groups (broad SMARTS) is 1. The second-order valence-electron chi connectivity index (χ2n) is 3.93. The molecule has 1 aliphatic rings. The molecular weight excluding hydrogens is 209 g/mol. The summed E-state index contributed by atoms with van der Waals surface area (Å²) in [6.45, 7) is 2.01. The van der Waals surface area contributed by atoms with Crippen molar-refractivity contribution in [2.45, 2.75) is 51.1 Å². The van der Waals surface area contributed by atoms with Gasteiger partial charge >= 0.3 is 13.1 Å². The Hall–Kier alpha value is -1.06. The first-order chi connectivity index (χ1) is 7.65. The molecule has 0 saturated carbocycles. The minimum absolute atomic E-state index is 0.0223. The first-order valence-corrected chi connectivity index (χ1v) is 5.55. The Balaban J connectivity index is 2.52. The van der Waals surface area contributed by atoms with E-state index in [1.807, 2.05) is 13.0 Å². The molecule has 16 heavy (non-hydrogen) atoms. The minimum atomic E-state index is -0.877. The number of hydrogen-bond acceptors (Lipinski definition) is 4. The molecule has 6 heteroatoms. The molecule has 0 spiro atoms. The summed E-state index contributed by atoms with van der Waals surface area (Å²) in [6, 6.07) is 2.05. The van der Waals surface area contributed by atoms with E-state index in [0.29, 0.717) is 12.8 Å². The first kappa shape index (κ1) is 13.0. The van der Waals surface area contributed by atoms with Gasteiger partial charge in [0.1, 0.15) is 0 Å². The van der Waals surface area contributed by atoms with Gasteiger partial charge in [-0.25, -0.2) is 0 Å². The minimum Gasteiger partial charge on any atom is -0.481 e. The molecule has 1 N–H and O–H groups in total. The van der Waals surface area contributed by atoms with Gasteiger partial charge in [0.05, 0.1) is 31.1 Å². The van der Waals surface area contributed by atoms with Crippen molar-refractivity contribution in [3.63, 3.8) is 0 Å². The van der Waals surface area contributed by atoms with E-state index in [-0.39, 0.29) is 25.7 Å². The van der Waals surface area contributed by atoms with Gasteiger partial charge in [0, 0.05) is 0 Å². The third-order valence-corrected chi connectivity index (χ3v) is 2.46. The van der Waals surface area contributed by atoms with Crippen LogP contribution in [0.1, 0.15) is 32.6 Å². The number of carbonyl (C=O) groups is 1. The number of carboxylic acids is 1. The van der Waals surface area contributed by atoms with E-state index in [0.717, 1.165) is 12.7 Å². The molecule has 0 aliphatic carbocycles. The largest absolute Gasteiger partial charge is 0.481 e. The van der Waals surface area contributed by atoms with Crippen LogP contribution in [0.15, 0.2) is 0 Å². The van der Waals surface area contributed by atoms with Crippen molar-refractivity contribution in [3.8, 4) is 6.07 Å². The second kappa shape index (κ2) is 6.51. The molecule has 2 atom stereocenters. The summed E-state index contributed by atoms with van der Waals surface area (Å²) in [7, 11) is -0.360. The molecule has 1 fully saturated rings. The quantitative estimate of drug-likeness (QED) is 0.716. The predicted octanol–water partition coefficient (Wildman–Crippen LogP) is 1.45. The van der Waals surface area contributed by atoms with Crippen LogP contribution < -0.4 is 0 Å². The molecule has 0 amide bonds. The van der Waals surface area contributed by atoms with Crippen molar-refractivity contribution in [1.29, 1.82) is 5.26 Å². The lowest BCUT2D eigenvalue weighted by molar-refractivity contribution is -0.140. The highest BCUT2D eigenvalue weighted by Crippen LogP contribution is 2.23. The molecule has 0 aromatic carbocycles. The van der Waals surface area contributed by atoms with Gasteiger partial charge in [-0.05, 0) is 12.7 Å². The Morgan fingerprint density at radius 1 is 1.56 bits per heavy atom. The van der Waals surface area contributed by atoms with Crippen LogP contribution in [0.3, 0.4) is 0 Å². The number of nitriles is 1. The normalized spacial score (nSPS) is 25.1. The molecule has 1 heterocycles. The Kier molecular flexibility index (Phi) is 5.29. The maximum atomic E-state index is 10.6. The predicted molar refractivity (Wildman–Crippen MR) is 57.7 cm³/mol. The highest BCUT2D eigenvalue weighted by molar-refractivity contribution is 6.44. The van der Waals surface area contributed by atoms with Crippen LogP contribution in [-0.4, -0.2) is 30.4 Å². The van der Waals surface area contributed by atoms with E-state index in [9.17, 15) is 4.79 Å². The van der Waals surface area contributed by atoms with Gasteiger partial charge in [-0.3, -0.25) is 4.79 Å². The lowest BCUT2D eigenvalue weighted by Crippen LogP contribution is -2.42. The summed E-state index contributed by atoms with van der Waals surface area (Å²) in [5.74, 6) is -0.877. The summed E-state index contributed by atoms with van der Waals surface area (Å²) >= 11 is 0. The maximum Gasteiger partial charge on any atom is 0.457 e. The highest BCUT2D eigenvalue weighted by Gasteiger charge is 2.34. The van der Waals surface area contributed by atoms with E-state index in [2.05, 4.69) is 0 Å². The summed E-state index contributed by atoms with van der Waals surface area (Å²) in [5, 5.41) is 17.3. The Bertz CT molecular complexity index is 278. The zero-order chi connectivity index (χ0) is 12.0. The highest BCUT2D eigenvalue weighted by atomic mass is 16.6. The molecule has 5 nitrogen and oxygen atoms in total. The van der Waals surface area contributed by atoms with Crippen LogP contribution in [0.25, 0.3) is 0 Å². The SMILES string of the molecule is CCCB1OC(CC#N)CC(CC(=O)O)O1. The van der Waals surface area contributed by atoms with Gasteiger partial charge in [0.2, 0.25) is 0 Å². The monoisotopic (exact) mass is 225 g/mol. The van der Waals surface area contributed by atoms with Gasteiger partial charge in [0.25, 0.3) is 0 Å². The standard InChI is InChI=1S/C10H16BNO4/c1-2-4-11-15-8(3-5-12)6-9(16-11)7-10(13)14/h8-9H,2-4,6-7H2,1H3,(H,13,14). The zero-order valence-corrected chi connectivity index (χ0v) is 9.39. The van der Waals surface area contributed by atoms with Crippen LogP contribution in [0.2, 0.25) is 6.32 Å². The molecule has 88 valence electrons. The lowest BCUT2D eigenvalue weighted by atomic mass is 9.79. The first-order valence-electron chi connectivity index (χ1n) is 5.55. The molecule has 0 aromatic rings. The van der Waals surface area contributed by atoms with Crippen molar-refractivity contribution in [3.05, 3.63) is 0 Å². The molecule has 2 unspecified atom stereocenters. The van der Waals surface area contributed by atoms with Gasteiger partial charge in [-0.1, -0.05) is 13.3 Å². The Labute approximate surface area is 95.5 Å². The van der Waals surface area contributed by atoms with Gasteiger partial charge in [-0.15, -0.1) is 0 Å². The fourth-order valence-electron chi connectivity index (χ4n) is 1.80. The van der Waals surface area contributed by atoms with Gasteiger partial charge < -0.3 is 14.4 Å². The van der Waals surface area contributed by atoms with E-state index in [4.69, 9.17) is 19.7 Å². The average molecular weight is 225 g/mol. The van der Waals surface area contributed by atoms with Crippen molar-refractivity contribution in [2.24, 2.45) is 0 Å². The smallest absolute Gasteiger partial charge is 0.457 e. The fourth-order valence-corrected chi connectivity index (χ4v) is 1.80. The molecule has 1 saturated heterocycles. The van der Waals surface area contributed by atoms with Gasteiger partial charge in [0.15, 0.2) is 0 Å². The molecule has 1 rings (SSSR count). The van der Waals surface area contributed by atoms with Crippen molar-refractivity contribution in [2.75, 3.05) is 0 Å². The topological polar surface area (TPSA) is 79.5 Å². The zero-order valence-electron chi connectivity index (χ0n) is 9.39. The van der Waals surface area contributed by atoms with Crippen LogP contribution in [0.5, 0.6) is 0 Å². The molecular formula is C10H16BNO4. The summed E-state index contributed by atoms with van der Waals surface area (Å²) in [6.07, 6.45) is 1.87. The fraction of sp³-hybridized carbons (Fsp3) is 0.800. The third-order valence-electron chi connectivity index (χ3n) is 2.46.